The number of rotatable bonds is 7. The Kier molecular flexibility index (Phi) is 7.60. The Bertz CT molecular complexity index is 875. The van der Waals surface area contributed by atoms with Gasteiger partial charge in [0.15, 0.2) is 17.6 Å². The molecule has 9 heteroatoms. The summed E-state index contributed by atoms with van der Waals surface area (Å²) in [7, 11) is 5.43. The van der Waals surface area contributed by atoms with Gasteiger partial charge in [-0.3, -0.25) is 4.99 Å². The lowest BCUT2D eigenvalue weighted by Gasteiger charge is -2.23. The number of hydrogen-bond donors (Lipinski definition) is 1. The van der Waals surface area contributed by atoms with Crippen LogP contribution in [-0.2, 0) is 11.3 Å². The molecule has 2 aromatic rings. The van der Waals surface area contributed by atoms with Crippen LogP contribution in [0.25, 0.3) is 0 Å². The van der Waals surface area contributed by atoms with Crippen LogP contribution in [0.15, 0.2) is 28.6 Å². The van der Waals surface area contributed by atoms with Crippen molar-refractivity contribution in [2.45, 2.75) is 26.0 Å². The second-order valence-corrected chi connectivity index (χ2v) is 8.43. The van der Waals surface area contributed by atoms with Crippen molar-refractivity contribution in [1.29, 1.82) is 0 Å². The van der Waals surface area contributed by atoms with Crippen LogP contribution in [0, 0.1) is 17.6 Å². The molecule has 1 fully saturated rings. The lowest BCUT2D eigenvalue weighted by Crippen LogP contribution is -2.41. The lowest BCUT2D eigenvalue weighted by molar-refractivity contribution is 0.119. The van der Waals surface area contributed by atoms with E-state index in [1.54, 1.807) is 31.6 Å². The Hall–Kier alpha value is -2.26. The third-order valence-electron chi connectivity index (χ3n) is 5.35. The number of thiazole rings is 1. The average molecular weight is 438 g/mol. The Morgan fingerprint density at radius 1 is 1.43 bits per heavy atom. The number of ether oxygens (including phenoxy) is 1. The number of nitrogens with zero attached hydrogens (tertiary/aromatic N) is 4. The number of aromatic nitrogens is 1. The second-order valence-electron chi connectivity index (χ2n) is 7.54. The van der Waals surface area contributed by atoms with Crippen molar-refractivity contribution in [2.24, 2.45) is 10.9 Å². The first-order valence-electron chi connectivity index (χ1n) is 10.00. The predicted molar refractivity (Wildman–Crippen MR) is 117 cm³/mol. The van der Waals surface area contributed by atoms with Crippen LogP contribution < -0.4 is 10.2 Å². The van der Waals surface area contributed by atoms with Gasteiger partial charge in [-0.15, -0.1) is 11.3 Å². The molecule has 0 bridgehead atoms. The van der Waals surface area contributed by atoms with E-state index in [-0.39, 0.29) is 6.10 Å². The molecular formula is C21H29F2N5OS. The van der Waals surface area contributed by atoms with Crippen molar-refractivity contribution in [3.63, 3.8) is 0 Å². The van der Waals surface area contributed by atoms with Gasteiger partial charge in [-0.25, -0.2) is 13.8 Å². The third kappa shape index (κ3) is 5.46. The molecule has 0 aliphatic carbocycles. The molecule has 0 saturated carbocycles. The third-order valence-corrected chi connectivity index (χ3v) is 6.40. The van der Waals surface area contributed by atoms with Gasteiger partial charge in [-0.2, -0.15) is 0 Å². The summed E-state index contributed by atoms with van der Waals surface area (Å²) in [5.74, 6) is -0.416. The van der Waals surface area contributed by atoms with Gasteiger partial charge in [0.05, 0.1) is 12.2 Å². The zero-order chi connectivity index (χ0) is 21.7. The monoisotopic (exact) mass is 437 g/mol. The van der Waals surface area contributed by atoms with Gasteiger partial charge >= 0.3 is 0 Å². The van der Waals surface area contributed by atoms with E-state index in [1.165, 1.54) is 12.1 Å². The first kappa shape index (κ1) is 22.4. The molecular weight excluding hydrogens is 408 g/mol. The maximum absolute atomic E-state index is 13.5. The molecule has 0 amide bonds. The van der Waals surface area contributed by atoms with Crippen LogP contribution >= 0.6 is 11.3 Å². The van der Waals surface area contributed by atoms with Crippen molar-refractivity contribution in [3.8, 4) is 0 Å². The fourth-order valence-corrected chi connectivity index (χ4v) is 4.38. The summed E-state index contributed by atoms with van der Waals surface area (Å²) in [6, 6.07) is 4.09. The second kappa shape index (κ2) is 10.2. The van der Waals surface area contributed by atoms with Crippen LogP contribution in [-0.4, -0.2) is 56.7 Å². The largest absolute Gasteiger partial charge is 0.375 e. The van der Waals surface area contributed by atoms with Crippen molar-refractivity contribution in [3.05, 3.63) is 45.9 Å². The zero-order valence-electron chi connectivity index (χ0n) is 17.9. The minimum Gasteiger partial charge on any atom is -0.375 e. The molecule has 6 nitrogen and oxygen atoms in total. The SMILES string of the molecule is CN=C(NCC1CCN(c2ccc(F)c(F)c2)C1)N(C)Cc1csc(C(C)OC)n1. The fourth-order valence-electron chi connectivity index (χ4n) is 3.54. The molecule has 2 heterocycles. The predicted octanol–water partition coefficient (Wildman–Crippen LogP) is 3.66. The van der Waals surface area contributed by atoms with Gasteiger partial charge in [0.2, 0.25) is 0 Å². The van der Waals surface area contributed by atoms with Crippen molar-refractivity contribution in [2.75, 3.05) is 45.7 Å². The van der Waals surface area contributed by atoms with Crippen LogP contribution in [0.2, 0.25) is 0 Å². The highest BCUT2D eigenvalue weighted by Gasteiger charge is 2.24. The number of anilines is 1. The Balaban J connectivity index is 1.50. The molecule has 1 aliphatic heterocycles. The molecule has 1 N–H and O–H groups in total. The Labute approximate surface area is 180 Å². The maximum atomic E-state index is 13.5. The molecule has 0 spiro atoms. The van der Waals surface area contributed by atoms with Crippen LogP contribution in [0.3, 0.4) is 0 Å². The minimum absolute atomic E-state index is 0.00797. The summed E-state index contributed by atoms with van der Waals surface area (Å²) in [6.45, 7) is 5.02. The quantitative estimate of drug-likeness (QED) is 0.529. The molecule has 0 radical (unpaired) electrons. The molecule has 164 valence electrons. The zero-order valence-corrected chi connectivity index (χ0v) is 18.7. The standard InChI is InChI=1S/C21H29F2N5OS/c1-14(29-4)20-26-16(13-30-20)12-27(3)21(24-2)25-10-15-7-8-28(11-15)17-5-6-18(22)19(23)9-17/h5-6,9,13-15H,7-8,10-12H2,1-4H3,(H,24,25). The van der Waals surface area contributed by atoms with Gasteiger partial charge < -0.3 is 19.9 Å². The van der Waals surface area contributed by atoms with Crippen LogP contribution in [0.1, 0.15) is 30.2 Å². The van der Waals surface area contributed by atoms with Gasteiger partial charge in [-0.1, -0.05) is 0 Å². The summed E-state index contributed by atoms with van der Waals surface area (Å²) in [5.41, 5.74) is 1.71. The highest BCUT2D eigenvalue weighted by atomic mass is 32.1. The normalized spacial score (nSPS) is 18.0. The molecule has 2 unspecified atom stereocenters. The average Bonchev–Trinajstić information content (AvgIpc) is 3.40. The molecule has 30 heavy (non-hydrogen) atoms. The van der Waals surface area contributed by atoms with Gasteiger partial charge in [0, 0.05) is 58.0 Å². The molecule has 1 aliphatic rings. The number of aliphatic imine (C=N–C) groups is 1. The summed E-state index contributed by atoms with van der Waals surface area (Å²) in [4.78, 5) is 13.1. The first-order chi connectivity index (χ1) is 14.4. The minimum atomic E-state index is -0.813. The molecule has 1 saturated heterocycles. The van der Waals surface area contributed by atoms with E-state index in [2.05, 4.69) is 20.2 Å². The summed E-state index contributed by atoms with van der Waals surface area (Å²) in [5, 5.41) is 6.44. The molecule has 1 aromatic carbocycles. The molecule has 3 rings (SSSR count). The van der Waals surface area contributed by atoms with E-state index < -0.39 is 11.6 Å². The van der Waals surface area contributed by atoms with E-state index in [0.717, 1.165) is 48.4 Å². The summed E-state index contributed by atoms with van der Waals surface area (Å²) in [6.07, 6.45) is 0.975. The Morgan fingerprint density at radius 3 is 2.93 bits per heavy atom. The van der Waals surface area contributed by atoms with E-state index >= 15 is 0 Å². The lowest BCUT2D eigenvalue weighted by atomic mass is 10.1. The summed E-state index contributed by atoms with van der Waals surface area (Å²) >= 11 is 1.60. The van der Waals surface area contributed by atoms with Gasteiger partial charge in [0.25, 0.3) is 0 Å². The number of benzene rings is 1. The molecule has 1 aromatic heterocycles. The van der Waals surface area contributed by atoms with E-state index in [0.29, 0.717) is 12.5 Å². The summed E-state index contributed by atoms with van der Waals surface area (Å²) < 4.78 is 32.0. The topological polar surface area (TPSA) is 53.0 Å². The number of guanidine groups is 1. The molecule has 2 atom stereocenters. The van der Waals surface area contributed by atoms with E-state index in [1.807, 2.05) is 24.3 Å². The number of halogens is 2. The van der Waals surface area contributed by atoms with Crippen LogP contribution in [0.4, 0.5) is 14.5 Å². The Morgan fingerprint density at radius 2 is 2.23 bits per heavy atom. The number of hydrogen-bond acceptors (Lipinski definition) is 5. The van der Waals surface area contributed by atoms with Crippen molar-refractivity contribution < 1.29 is 13.5 Å². The first-order valence-corrected chi connectivity index (χ1v) is 10.9. The smallest absolute Gasteiger partial charge is 0.193 e. The maximum Gasteiger partial charge on any atom is 0.193 e. The van der Waals surface area contributed by atoms with E-state index in [4.69, 9.17) is 4.74 Å². The highest BCUT2D eigenvalue weighted by Crippen LogP contribution is 2.25. The highest BCUT2D eigenvalue weighted by molar-refractivity contribution is 7.09. The number of nitrogens with one attached hydrogen (secondary N) is 1. The van der Waals surface area contributed by atoms with Crippen LogP contribution in [0.5, 0.6) is 0 Å². The van der Waals surface area contributed by atoms with Crippen molar-refractivity contribution in [1.82, 2.24) is 15.2 Å². The number of methoxy groups -OCH3 is 1. The van der Waals surface area contributed by atoms with Gasteiger partial charge in [0.1, 0.15) is 11.1 Å². The van der Waals surface area contributed by atoms with Crippen molar-refractivity contribution >= 4 is 23.0 Å². The van der Waals surface area contributed by atoms with E-state index in [9.17, 15) is 8.78 Å². The van der Waals surface area contributed by atoms with Gasteiger partial charge in [-0.05, 0) is 31.4 Å². The fraction of sp³-hybridized carbons (Fsp3) is 0.524.